The van der Waals surface area contributed by atoms with E-state index < -0.39 is 5.91 Å². The van der Waals surface area contributed by atoms with Crippen LogP contribution in [0.1, 0.15) is 17.0 Å². The third-order valence-electron chi connectivity index (χ3n) is 3.85. The highest BCUT2D eigenvalue weighted by molar-refractivity contribution is 7.13. The second-order valence-electron chi connectivity index (χ2n) is 5.60. The van der Waals surface area contributed by atoms with Crippen molar-refractivity contribution in [3.05, 3.63) is 69.5 Å². The first kappa shape index (κ1) is 17.9. The number of carbonyl (C=O) groups excluding carboxylic acids is 1. The zero-order valence-corrected chi connectivity index (χ0v) is 15.7. The number of aromatic nitrogens is 2. The molecule has 0 saturated heterocycles. The Bertz CT molecular complexity index is 1030. The normalized spacial score (nSPS) is 11.2. The van der Waals surface area contributed by atoms with Crippen LogP contribution in [0.4, 0.5) is 5.13 Å². The van der Waals surface area contributed by atoms with Gasteiger partial charge >= 0.3 is 0 Å². The topological polar surface area (TPSA) is 70.7 Å². The standard InChI is InChI=1S/C19H15ClN4OS/c1-12-8-14(13(2)24(12)17-5-3-4-16(20)10-17)9-15(11-21)18(25)23-19-22-6-7-26-19/h3-10H,1-2H3,(H,22,23,25)/b15-9-. The van der Waals surface area contributed by atoms with Crippen molar-refractivity contribution >= 4 is 40.1 Å². The van der Waals surface area contributed by atoms with Crippen LogP contribution in [-0.4, -0.2) is 15.5 Å². The molecule has 0 saturated carbocycles. The first-order chi connectivity index (χ1) is 12.5. The smallest absolute Gasteiger partial charge is 0.268 e. The van der Waals surface area contributed by atoms with Crippen LogP contribution in [0.25, 0.3) is 11.8 Å². The molecule has 3 rings (SSSR count). The summed E-state index contributed by atoms with van der Waals surface area (Å²) < 4.78 is 2.03. The number of rotatable bonds is 4. The van der Waals surface area contributed by atoms with Crippen molar-refractivity contribution in [1.82, 2.24) is 9.55 Å². The SMILES string of the molecule is Cc1cc(/C=C(/C#N)C(=O)Nc2nccs2)c(C)n1-c1cccc(Cl)c1. The van der Waals surface area contributed by atoms with Crippen LogP contribution in [-0.2, 0) is 4.79 Å². The maximum Gasteiger partial charge on any atom is 0.268 e. The summed E-state index contributed by atoms with van der Waals surface area (Å²) in [4.78, 5) is 16.3. The van der Waals surface area contributed by atoms with Gasteiger partial charge in [0.15, 0.2) is 5.13 Å². The van der Waals surface area contributed by atoms with E-state index in [1.807, 2.05) is 54.8 Å². The van der Waals surface area contributed by atoms with E-state index in [4.69, 9.17) is 11.6 Å². The second kappa shape index (κ2) is 7.56. The third-order valence-corrected chi connectivity index (χ3v) is 4.78. The van der Waals surface area contributed by atoms with Gasteiger partial charge in [0.1, 0.15) is 11.6 Å². The average molecular weight is 383 g/mol. The molecular formula is C19H15ClN4OS. The average Bonchev–Trinajstić information content (AvgIpc) is 3.20. The molecule has 2 heterocycles. The van der Waals surface area contributed by atoms with Gasteiger partial charge in [-0.15, -0.1) is 11.3 Å². The van der Waals surface area contributed by atoms with E-state index >= 15 is 0 Å². The van der Waals surface area contributed by atoms with Crippen LogP contribution in [0.3, 0.4) is 0 Å². The van der Waals surface area contributed by atoms with E-state index in [1.54, 1.807) is 17.7 Å². The van der Waals surface area contributed by atoms with Gasteiger partial charge in [-0.25, -0.2) is 4.98 Å². The van der Waals surface area contributed by atoms with Crippen molar-refractivity contribution in [2.24, 2.45) is 0 Å². The van der Waals surface area contributed by atoms with E-state index in [2.05, 4.69) is 10.3 Å². The first-order valence-electron chi connectivity index (χ1n) is 7.77. The molecule has 7 heteroatoms. The Labute approximate surface area is 160 Å². The molecule has 0 aliphatic rings. The minimum atomic E-state index is -0.477. The number of thiazole rings is 1. The summed E-state index contributed by atoms with van der Waals surface area (Å²) in [5.41, 5.74) is 3.64. The number of aryl methyl sites for hydroxylation is 1. The molecule has 1 amide bonds. The molecule has 0 unspecified atom stereocenters. The zero-order chi connectivity index (χ0) is 18.7. The molecule has 0 fully saturated rings. The van der Waals surface area contributed by atoms with E-state index in [1.165, 1.54) is 11.3 Å². The van der Waals surface area contributed by atoms with Crippen molar-refractivity contribution in [2.45, 2.75) is 13.8 Å². The second-order valence-corrected chi connectivity index (χ2v) is 6.93. The van der Waals surface area contributed by atoms with Gasteiger partial charge in [0.25, 0.3) is 5.91 Å². The fourth-order valence-electron chi connectivity index (χ4n) is 2.70. The monoisotopic (exact) mass is 382 g/mol. The van der Waals surface area contributed by atoms with Gasteiger partial charge in [-0.2, -0.15) is 5.26 Å². The quantitative estimate of drug-likeness (QED) is 0.522. The fraction of sp³-hybridized carbons (Fsp3) is 0.105. The lowest BCUT2D eigenvalue weighted by atomic mass is 10.1. The number of halogens is 1. The molecule has 130 valence electrons. The lowest BCUT2D eigenvalue weighted by molar-refractivity contribution is -0.112. The van der Waals surface area contributed by atoms with Crippen LogP contribution < -0.4 is 5.32 Å². The number of nitrogens with one attached hydrogen (secondary N) is 1. The van der Waals surface area contributed by atoms with Crippen LogP contribution >= 0.6 is 22.9 Å². The molecular weight excluding hydrogens is 368 g/mol. The summed E-state index contributed by atoms with van der Waals surface area (Å²) in [5, 5.41) is 14.9. The predicted molar refractivity (Wildman–Crippen MR) is 105 cm³/mol. The van der Waals surface area contributed by atoms with Gasteiger partial charge in [-0.1, -0.05) is 17.7 Å². The van der Waals surface area contributed by atoms with Gasteiger partial charge in [0.05, 0.1) is 0 Å². The summed E-state index contributed by atoms with van der Waals surface area (Å²) in [5.74, 6) is -0.477. The summed E-state index contributed by atoms with van der Waals surface area (Å²) in [7, 11) is 0. The van der Waals surface area contributed by atoms with Crippen molar-refractivity contribution in [3.8, 4) is 11.8 Å². The van der Waals surface area contributed by atoms with E-state index in [0.717, 1.165) is 22.6 Å². The Morgan fingerprint density at radius 1 is 1.38 bits per heavy atom. The fourth-order valence-corrected chi connectivity index (χ4v) is 3.41. The molecule has 0 spiro atoms. The molecule has 1 aromatic carbocycles. The third kappa shape index (κ3) is 3.69. The largest absolute Gasteiger partial charge is 0.318 e. The maximum absolute atomic E-state index is 12.3. The number of hydrogen-bond donors (Lipinski definition) is 1. The zero-order valence-electron chi connectivity index (χ0n) is 14.2. The molecule has 0 atom stereocenters. The van der Waals surface area contributed by atoms with E-state index in [9.17, 15) is 10.1 Å². The highest BCUT2D eigenvalue weighted by atomic mass is 35.5. The molecule has 3 aromatic rings. The minimum Gasteiger partial charge on any atom is -0.318 e. The summed E-state index contributed by atoms with van der Waals surface area (Å²) in [6.45, 7) is 3.90. The van der Waals surface area contributed by atoms with Crippen LogP contribution in [0.5, 0.6) is 0 Å². The van der Waals surface area contributed by atoms with Crippen LogP contribution in [0.15, 0.2) is 47.5 Å². The van der Waals surface area contributed by atoms with Gasteiger partial charge in [-0.05, 0) is 49.8 Å². The highest BCUT2D eigenvalue weighted by Gasteiger charge is 2.14. The number of carbonyl (C=O) groups is 1. The van der Waals surface area contributed by atoms with Gasteiger partial charge < -0.3 is 4.57 Å². The number of amides is 1. The van der Waals surface area contributed by atoms with Crippen molar-refractivity contribution in [1.29, 1.82) is 5.26 Å². The molecule has 0 bridgehead atoms. The number of hydrogen-bond acceptors (Lipinski definition) is 4. The molecule has 5 nitrogen and oxygen atoms in total. The summed E-state index contributed by atoms with van der Waals surface area (Å²) in [6, 6.07) is 11.4. The predicted octanol–water partition coefficient (Wildman–Crippen LogP) is 4.75. The van der Waals surface area contributed by atoms with E-state index in [0.29, 0.717) is 10.2 Å². The van der Waals surface area contributed by atoms with Crippen LogP contribution in [0.2, 0.25) is 5.02 Å². The number of benzene rings is 1. The van der Waals surface area contributed by atoms with Gasteiger partial charge in [0, 0.05) is 33.7 Å². The molecule has 0 radical (unpaired) electrons. The lowest BCUT2D eigenvalue weighted by Gasteiger charge is -2.10. The molecule has 26 heavy (non-hydrogen) atoms. The lowest BCUT2D eigenvalue weighted by Crippen LogP contribution is -2.13. The van der Waals surface area contributed by atoms with Crippen molar-refractivity contribution in [3.63, 3.8) is 0 Å². The number of nitriles is 1. The van der Waals surface area contributed by atoms with Gasteiger partial charge in [-0.3, -0.25) is 10.1 Å². The number of nitrogens with zero attached hydrogens (tertiary/aromatic N) is 3. The first-order valence-corrected chi connectivity index (χ1v) is 9.03. The Kier molecular flexibility index (Phi) is 5.21. The maximum atomic E-state index is 12.3. The molecule has 2 aromatic heterocycles. The summed E-state index contributed by atoms with van der Waals surface area (Å²) >= 11 is 7.39. The Morgan fingerprint density at radius 3 is 2.85 bits per heavy atom. The van der Waals surface area contributed by atoms with Crippen molar-refractivity contribution in [2.75, 3.05) is 5.32 Å². The van der Waals surface area contributed by atoms with E-state index in [-0.39, 0.29) is 5.57 Å². The summed E-state index contributed by atoms with van der Waals surface area (Å²) in [6.07, 6.45) is 3.18. The molecule has 0 aliphatic heterocycles. The van der Waals surface area contributed by atoms with Crippen LogP contribution in [0, 0.1) is 25.2 Å². The Balaban J connectivity index is 1.96. The molecule has 0 aliphatic carbocycles. The Hall–Kier alpha value is -2.88. The van der Waals surface area contributed by atoms with Crippen molar-refractivity contribution < 1.29 is 4.79 Å². The Morgan fingerprint density at radius 2 is 2.19 bits per heavy atom. The minimum absolute atomic E-state index is 0.0199. The van der Waals surface area contributed by atoms with Gasteiger partial charge in [0.2, 0.25) is 0 Å². The molecule has 1 N–H and O–H groups in total. The highest BCUT2D eigenvalue weighted by Crippen LogP contribution is 2.24. The number of anilines is 1.